The van der Waals surface area contributed by atoms with E-state index >= 15 is 0 Å². The highest BCUT2D eigenvalue weighted by molar-refractivity contribution is 5.75. The maximum absolute atomic E-state index is 11.7. The van der Waals surface area contributed by atoms with Crippen molar-refractivity contribution in [2.24, 2.45) is 11.8 Å². The van der Waals surface area contributed by atoms with Gasteiger partial charge in [-0.1, -0.05) is 24.1 Å². The van der Waals surface area contributed by atoms with E-state index in [9.17, 15) is 4.79 Å². The van der Waals surface area contributed by atoms with Gasteiger partial charge in [-0.25, -0.2) is 0 Å². The average Bonchev–Trinajstić information content (AvgIpc) is 2.52. The Morgan fingerprint density at radius 3 is 2.76 bits per heavy atom. The molecule has 2 heteroatoms. The SMILES string of the molecule is C/C1=C/CC/C(C)=C/[C@H]2OC(=O)[C@H](C)[C@@H]2CC1. The van der Waals surface area contributed by atoms with Gasteiger partial charge in [-0.05, 0) is 45.6 Å². The largest absolute Gasteiger partial charge is 0.458 e. The van der Waals surface area contributed by atoms with Crippen molar-refractivity contribution in [1.29, 1.82) is 0 Å². The quantitative estimate of drug-likeness (QED) is 0.472. The third-order valence-electron chi connectivity index (χ3n) is 4.04. The van der Waals surface area contributed by atoms with Crippen molar-refractivity contribution in [1.82, 2.24) is 0 Å². The van der Waals surface area contributed by atoms with E-state index in [0.29, 0.717) is 5.92 Å². The number of esters is 1. The molecule has 0 aromatic heterocycles. The Morgan fingerprint density at radius 1 is 1.24 bits per heavy atom. The number of carbonyl (C=O) groups is 1. The molecule has 0 bridgehead atoms. The van der Waals surface area contributed by atoms with E-state index in [4.69, 9.17) is 4.74 Å². The predicted molar refractivity (Wildman–Crippen MR) is 68.5 cm³/mol. The topological polar surface area (TPSA) is 26.3 Å². The summed E-state index contributed by atoms with van der Waals surface area (Å²) in [6, 6.07) is 0. The summed E-state index contributed by atoms with van der Waals surface area (Å²) >= 11 is 0. The van der Waals surface area contributed by atoms with E-state index < -0.39 is 0 Å². The van der Waals surface area contributed by atoms with Crippen LogP contribution in [0.25, 0.3) is 0 Å². The number of allylic oxidation sites excluding steroid dienone is 3. The van der Waals surface area contributed by atoms with Crippen molar-refractivity contribution in [2.75, 3.05) is 0 Å². The molecular weight excluding hydrogens is 212 g/mol. The average molecular weight is 234 g/mol. The van der Waals surface area contributed by atoms with Crippen molar-refractivity contribution in [2.45, 2.75) is 52.6 Å². The van der Waals surface area contributed by atoms with Gasteiger partial charge in [0.1, 0.15) is 6.10 Å². The van der Waals surface area contributed by atoms with Crippen LogP contribution in [0.2, 0.25) is 0 Å². The molecule has 17 heavy (non-hydrogen) atoms. The number of hydrogen-bond donors (Lipinski definition) is 0. The molecule has 0 aromatic rings. The summed E-state index contributed by atoms with van der Waals surface area (Å²) in [6.07, 6.45) is 8.85. The second kappa shape index (κ2) is 5.07. The molecule has 94 valence electrons. The molecular formula is C15H22O2. The number of fused-ring (bicyclic) bond motifs is 1. The highest BCUT2D eigenvalue weighted by Crippen LogP contribution is 2.35. The highest BCUT2D eigenvalue weighted by atomic mass is 16.6. The number of carbonyl (C=O) groups excluding carboxylic acids is 1. The highest BCUT2D eigenvalue weighted by Gasteiger charge is 2.40. The van der Waals surface area contributed by atoms with Gasteiger partial charge in [0.2, 0.25) is 0 Å². The van der Waals surface area contributed by atoms with Crippen LogP contribution in [0.5, 0.6) is 0 Å². The summed E-state index contributed by atoms with van der Waals surface area (Å²) in [5.74, 6) is 0.389. The minimum absolute atomic E-state index is 0.0170. The maximum Gasteiger partial charge on any atom is 0.309 e. The van der Waals surface area contributed by atoms with Crippen LogP contribution in [0.3, 0.4) is 0 Å². The van der Waals surface area contributed by atoms with Crippen molar-refractivity contribution >= 4 is 5.97 Å². The van der Waals surface area contributed by atoms with Gasteiger partial charge in [-0.15, -0.1) is 0 Å². The lowest BCUT2D eigenvalue weighted by Crippen LogP contribution is -2.18. The normalized spacial score (nSPS) is 40.6. The van der Waals surface area contributed by atoms with Crippen LogP contribution in [-0.2, 0) is 9.53 Å². The molecule has 0 aromatic carbocycles. The summed E-state index contributed by atoms with van der Waals surface area (Å²) in [4.78, 5) is 11.7. The van der Waals surface area contributed by atoms with Crippen LogP contribution >= 0.6 is 0 Å². The predicted octanol–water partition coefficient (Wildman–Crippen LogP) is 3.63. The Balaban J connectivity index is 2.21. The van der Waals surface area contributed by atoms with Crippen LogP contribution < -0.4 is 0 Å². The molecule has 1 aliphatic carbocycles. The molecule has 0 saturated carbocycles. The molecule has 0 N–H and O–H groups in total. The second-order valence-electron chi connectivity index (χ2n) is 5.49. The summed E-state index contributed by atoms with van der Waals surface area (Å²) in [5.41, 5.74) is 2.79. The lowest BCUT2D eigenvalue weighted by molar-refractivity contribution is -0.142. The van der Waals surface area contributed by atoms with Crippen molar-refractivity contribution < 1.29 is 9.53 Å². The minimum atomic E-state index is -0.0232. The molecule has 0 spiro atoms. The van der Waals surface area contributed by atoms with Crippen molar-refractivity contribution in [3.05, 3.63) is 23.3 Å². The Kier molecular flexibility index (Phi) is 3.70. The molecule has 0 amide bonds. The van der Waals surface area contributed by atoms with Gasteiger partial charge in [0, 0.05) is 5.92 Å². The van der Waals surface area contributed by atoms with Gasteiger partial charge in [-0.2, -0.15) is 0 Å². The van der Waals surface area contributed by atoms with Gasteiger partial charge >= 0.3 is 5.97 Å². The summed E-state index contributed by atoms with van der Waals surface area (Å²) in [5, 5.41) is 0. The van der Waals surface area contributed by atoms with Gasteiger partial charge in [0.25, 0.3) is 0 Å². The van der Waals surface area contributed by atoms with E-state index in [1.807, 2.05) is 6.92 Å². The first kappa shape index (κ1) is 12.4. The van der Waals surface area contributed by atoms with Crippen LogP contribution in [0.15, 0.2) is 23.3 Å². The number of rotatable bonds is 0. The van der Waals surface area contributed by atoms with Crippen LogP contribution in [-0.4, -0.2) is 12.1 Å². The van der Waals surface area contributed by atoms with E-state index in [1.165, 1.54) is 11.1 Å². The summed E-state index contributed by atoms with van der Waals surface area (Å²) in [7, 11) is 0. The Morgan fingerprint density at radius 2 is 2.00 bits per heavy atom. The van der Waals surface area contributed by atoms with E-state index in [1.54, 1.807) is 0 Å². The van der Waals surface area contributed by atoms with Gasteiger partial charge in [0.05, 0.1) is 5.92 Å². The standard InChI is InChI=1S/C15H22O2/c1-10-5-4-6-11(2)9-14-13(8-7-10)12(3)15(16)17-14/h5,9,12-14H,4,6-8H2,1-3H3/b10-5-,11-9+/t12-,13+,14-/m1/s1. The monoisotopic (exact) mass is 234 g/mol. The lowest BCUT2D eigenvalue weighted by Gasteiger charge is -2.19. The first-order chi connectivity index (χ1) is 8.08. The summed E-state index contributed by atoms with van der Waals surface area (Å²) < 4.78 is 5.48. The first-order valence-corrected chi connectivity index (χ1v) is 6.61. The minimum Gasteiger partial charge on any atom is -0.458 e. The number of hydrogen-bond acceptors (Lipinski definition) is 2. The zero-order valence-corrected chi connectivity index (χ0v) is 11.0. The van der Waals surface area contributed by atoms with E-state index in [2.05, 4.69) is 26.0 Å². The molecule has 1 saturated heterocycles. The molecule has 2 aliphatic rings. The third-order valence-corrected chi connectivity index (χ3v) is 4.04. The van der Waals surface area contributed by atoms with Crippen LogP contribution in [0, 0.1) is 11.8 Å². The molecule has 1 aliphatic heterocycles. The Labute approximate surface area is 104 Å². The van der Waals surface area contributed by atoms with Crippen LogP contribution in [0.1, 0.15) is 46.5 Å². The Hall–Kier alpha value is -1.05. The molecule has 2 rings (SSSR count). The fourth-order valence-corrected chi connectivity index (χ4v) is 2.77. The molecule has 0 unspecified atom stereocenters. The second-order valence-corrected chi connectivity index (χ2v) is 5.49. The first-order valence-electron chi connectivity index (χ1n) is 6.61. The zero-order chi connectivity index (χ0) is 12.4. The fourth-order valence-electron chi connectivity index (χ4n) is 2.77. The molecule has 0 radical (unpaired) electrons. The van der Waals surface area contributed by atoms with Gasteiger partial charge in [-0.3, -0.25) is 4.79 Å². The zero-order valence-electron chi connectivity index (χ0n) is 11.0. The third kappa shape index (κ3) is 2.80. The maximum atomic E-state index is 11.7. The lowest BCUT2D eigenvalue weighted by atomic mass is 9.85. The Bertz CT molecular complexity index is 365. The number of ether oxygens (including phenoxy) is 1. The van der Waals surface area contributed by atoms with Crippen LogP contribution in [0.4, 0.5) is 0 Å². The van der Waals surface area contributed by atoms with E-state index in [-0.39, 0.29) is 18.0 Å². The summed E-state index contributed by atoms with van der Waals surface area (Å²) in [6.45, 7) is 6.33. The fraction of sp³-hybridized carbons (Fsp3) is 0.667. The van der Waals surface area contributed by atoms with Crippen molar-refractivity contribution in [3.8, 4) is 0 Å². The molecule has 1 heterocycles. The van der Waals surface area contributed by atoms with Gasteiger partial charge in [0.15, 0.2) is 0 Å². The molecule has 2 nitrogen and oxygen atoms in total. The van der Waals surface area contributed by atoms with Crippen molar-refractivity contribution in [3.63, 3.8) is 0 Å². The van der Waals surface area contributed by atoms with Gasteiger partial charge < -0.3 is 4.74 Å². The smallest absolute Gasteiger partial charge is 0.309 e. The van der Waals surface area contributed by atoms with E-state index in [0.717, 1.165) is 25.7 Å². The molecule has 1 fully saturated rings. The molecule has 3 atom stereocenters.